The third-order valence-corrected chi connectivity index (χ3v) is 5.89. The summed E-state index contributed by atoms with van der Waals surface area (Å²) in [5.74, 6) is 0.122. The number of carbonyl (C=O) groups is 1. The van der Waals surface area contributed by atoms with Crippen LogP contribution in [0.1, 0.15) is 5.69 Å². The number of aromatic nitrogens is 6. The third-order valence-electron chi connectivity index (χ3n) is 5.89. The number of hydrogen-bond donors (Lipinski definition) is 2. The number of amides is 1. The van der Waals surface area contributed by atoms with Gasteiger partial charge in [-0.25, -0.2) is 9.07 Å². The lowest BCUT2D eigenvalue weighted by Gasteiger charge is -2.10. The summed E-state index contributed by atoms with van der Waals surface area (Å²) in [5.41, 5.74) is 0.927. The molecule has 0 aliphatic rings. The number of carbonyl (C=O) groups excluding carboxylic acids is 1. The Kier molecular flexibility index (Phi) is 5.64. The molecule has 0 radical (unpaired) electrons. The van der Waals surface area contributed by atoms with Gasteiger partial charge in [0.2, 0.25) is 5.95 Å². The second kappa shape index (κ2) is 9.28. The fraction of sp³-hybridized carbons (Fsp3) is 0.0741. The van der Waals surface area contributed by atoms with Crippen LogP contribution in [0.5, 0.6) is 5.75 Å². The normalized spacial score (nSPS) is 11.2. The standard InChI is InChI=1S/C27H20FN7O3/c1-16-12-23(30-24(36)15-38-21-11-6-17-4-2-3-5-18(17)13-21)35(33-16)27-31-25-22(26(37)32-27)14-29-34(25)20-9-7-19(28)8-10-20/h2-14H,15H2,1H3,(H,30,36)(H,31,32,37). The van der Waals surface area contributed by atoms with Gasteiger partial charge in [0.25, 0.3) is 11.5 Å². The van der Waals surface area contributed by atoms with E-state index < -0.39 is 17.3 Å². The topological polar surface area (TPSA) is 120 Å². The number of aryl methyl sites for hydroxylation is 1. The number of rotatable bonds is 6. The van der Waals surface area contributed by atoms with Crippen molar-refractivity contribution in [3.05, 3.63) is 101 Å². The summed E-state index contributed by atoms with van der Waals surface area (Å²) in [6, 6.07) is 20.8. The summed E-state index contributed by atoms with van der Waals surface area (Å²) in [4.78, 5) is 32.8. The molecule has 0 bridgehead atoms. The number of halogens is 1. The van der Waals surface area contributed by atoms with Gasteiger partial charge in [-0.2, -0.15) is 19.9 Å². The molecule has 0 atom stereocenters. The van der Waals surface area contributed by atoms with E-state index in [1.54, 1.807) is 19.1 Å². The highest BCUT2D eigenvalue weighted by molar-refractivity contribution is 5.91. The van der Waals surface area contributed by atoms with Crippen LogP contribution in [-0.4, -0.2) is 42.0 Å². The second-order valence-corrected chi connectivity index (χ2v) is 8.59. The lowest BCUT2D eigenvalue weighted by Crippen LogP contribution is -2.23. The van der Waals surface area contributed by atoms with Crippen molar-refractivity contribution in [1.29, 1.82) is 0 Å². The number of nitrogens with zero attached hydrogens (tertiary/aromatic N) is 5. The van der Waals surface area contributed by atoms with Crippen LogP contribution in [-0.2, 0) is 4.79 Å². The Labute approximate surface area is 214 Å². The largest absolute Gasteiger partial charge is 0.484 e. The van der Waals surface area contributed by atoms with Crippen LogP contribution in [0.15, 0.2) is 83.8 Å². The Balaban J connectivity index is 1.27. The molecule has 0 saturated carbocycles. The van der Waals surface area contributed by atoms with Gasteiger partial charge >= 0.3 is 0 Å². The van der Waals surface area contributed by atoms with Crippen LogP contribution >= 0.6 is 0 Å². The second-order valence-electron chi connectivity index (χ2n) is 8.59. The molecule has 0 saturated heterocycles. The molecule has 6 rings (SSSR count). The predicted octanol–water partition coefficient (Wildman–Crippen LogP) is 3.91. The molecule has 0 spiro atoms. The van der Waals surface area contributed by atoms with E-state index >= 15 is 0 Å². The van der Waals surface area contributed by atoms with Gasteiger partial charge in [-0.1, -0.05) is 30.3 Å². The van der Waals surface area contributed by atoms with E-state index in [1.165, 1.54) is 39.8 Å². The van der Waals surface area contributed by atoms with Crippen molar-refractivity contribution in [2.45, 2.75) is 6.92 Å². The smallest absolute Gasteiger partial charge is 0.263 e. The summed E-state index contributed by atoms with van der Waals surface area (Å²) in [5, 5.41) is 13.7. The Bertz CT molecular complexity index is 1870. The van der Waals surface area contributed by atoms with Gasteiger partial charge in [0.05, 0.1) is 17.6 Å². The van der Waals surface area contributed by atoms with Crippen LogP contribution in [0.4, 0.5) is 10.2 Å². The van der Waals surface area contributed by atoms with Crippen molar-refractivity contribution in [3.8, 4) is 17.4 Å². The lowest BCUT2D eigenvalue weighted by atomic mass is 10.1. The summed E-state index contributed by atoms with van der Waals surface area (Å²) < 4.78 is 21.8. The van der Waals surface area contributed by atoms with E-state index in [0.717, 1.165) is 10.8 Å². The first-order valence-electron chi connectivity index (χ1n) is 11.7. The number of nitrogens with one attached hydrogen (secondary N) is 2. The predicted molar refractivity (Wildman–Crippen MR) is 139 cm³/mol. The number of hydrogen-bond acceptors (Lipinski definition) is 6. The number of anilines is 1. The molecule has 3 aromatic heterocycles. The molecule has 3 aromatic carbocycles. The van der Waals surface area contributed by atoms with Crippen molar-refractivity contribution < 1.29 is 13.9 Å². The molecule has 0 fully saturated rings. The third kappa shape index (κ3) is 4.37. The van der Waals surface area contributed by atoms with E-state index in [2.05, 4.69) is 25.5 Å². The number of benzene rings is 3. The van der Waals surface area contributed by atoms with Crippen LogP contribution in [0.25, 0.3) is 33.4 Å². The van der Waals surface area contributed by atoms with Gasteiger partial charge in [0.15, 0.2) is 12.3 Å². The molecule has 2 N–H and O–H groups in total. The van der Waals surface area contributed by atoms with Gasteiger partial charge < -0.3 is 10.1 Å². The molecular weight excluding hydrogens is 489 g/mol. The Morgan fingerprint density at radius 1 is 1.03 bits per heavy atom. The van der Waals surface area contributed by atoms with E-state index in [1.807, 2.05) is 36.4 Å². The highest BCUT2D eigenvalue weighted by Gasteiger charge is 2.17. The SMILES string of the molecule is Cc1cc(NC(=O)COc2ccc3ccccc3c2)n(-c2nc3c(cnn3-c3ccc(F)cc3)c(=O)[nH]2)n1. The van der Waals surface area contributed by atoms with Crippen molar-refractivity contribution in [2.24, 2.45) is 0 Å². The zero-order valence-electron chi connectivity index (χ0n) is 20.1. The maximum atomic E-state index is 13.4. The van der Waals surface area contributed by atoms with Crippen molar-refractivity contribution >= 4 is 33.5 Å². The molecule has 0 aliphatic carbocycles. The van der Waals surface area contributed by atoms with Crippen molar-refractivity contribution in [3.63, 3.8) is 0 Å². The van der Waals surface area contributed by atoms with E-state index in [4.69, 9.17) is 4.74 Å². The summed E-state index contributed by atoms with van der Waals surface area (Å²) in [7, 11) is 0. The zero-order valence-corrected chi connectivity index (χ0v) is 20.1. The average Bonchev–Trinajstić information content (AvgIpc) is 3.51. The molecule has 3 heterocycles. The molecule has 188 valence electrons. The molecule has 1 amide bonds. The quantitative estimate of drug-likeness (QED) is 0.351. The van der Waals surface area contributed by atoms with Crippen LogP contribution in [0, 0.1) is 12.7 Å². The number of fused-ring (bicyclic) bond motifs is 2. The lowest BCUT2D eigenvalue weighted by molar-refractivity contribution is -0.118. The first-order valence-corrected chi connectivity index (χ1v) is 11.7. The van der Waals surface area contributed by atoms with Gasteiger partial charge in [-0.3, -0.25) is 14.6 Å². The van der Waals surface area contributed by atoms with Crippen LogP contribution in [0.2, 0.25) is 0 Å². The maximum absolute atomic E-state index is 13.4. The first-order chi connectivity index (χ1) is 18.4. The van der Waals surface area contributed by atoms with Crippen molar-refractivity contribution in [1.82, 2.24) is 29.5 Å². The number of ether oxygens (including phenoxy) is 1. The first kappa shape index (κ1) is 23.1. The summed E-state index contributed by atoms with van der Waals surface area (Å²) >= 11 is 0. The molecule has 11 heteroatoms. The maximum Gasteiger partial charge on any atom is 0.263 e. The molecule has 10 nitrogen and oxygen atoms in total. The van der Waals surface area contributed by atoms with E-state index in [9.17, 15) is 14.0 Å². The minimum atomic E-state index is -0.441. The fourth-order valence-electron chi connectivity index (χ4n) is 4.11. The molecule has 0 unspecified atom stereocenters. The van der Waals surface area contributed by atoms with Gasteiger partial charge in [0, 0.05) is 6.07 Å². The van der Waals surface area contributed by atoms with Crippen LogP contribution < -0.4 is 15.6 Å². The van der Waals surface area contributed by atoms with E-state index in [0.29, 0.717) is 22.9 Å². The highest BCUT2D eigenvalue weighted by Crippen LogP contribution is 2.21. The highest BCUT2D eigenvalue weighted by atomic mass is 19.1. The molecule has 38 heavy (non-hydrogen) atoms. The Morgan fingerprint density at radius 3 is 2.63 bits per heavy atom. The monoisotopic (exact) mass is 509 g/mol. The Morgan fingerprint density at radius 2 is 1.82 bits per heavy atom. The zero-order chi connectivity index (χ0) is 26.2. The molecule has 6 aromatic rings. The average molecular weight is 510 g/mol. The summed E-state index contributed by atoms with van der Waals surface area (Å²) in [6.45, 7) is 1.51. The van der Waals surface area contributed by atoms with Crippen LogP contribution in [0.3, 0.4) is 0 Å². The minimum Gasteiger partial charge on any atom is -0.484 e. The minimum absolute atomic E-state index is 0.0743. The van der Waals surface area contributed by atoms with E-state index in [-0.39, 0.29) is 23.6 Å². The van der Waals surface area contributed by atoms with Gasteiger partial charge in [-0.05, 0) is 54.1 Å². The Hall–Kier alpha value is -5.32. The molecule has 0 aliphatic heterocycles. The van der Waals surface area contributed by atoms with Crippen molar-refractivity contribution in [2.75, 3.05) is 11.9 Å². The fourth-order valence-corrected chi connectivity index (χ4v) is 4.11. The number of H-pyrrole nitrogens is 1. The number of aromatic amines is 1. The van der Waals surface area contributed by atoms with Gasteiger partial charge in [0.1, 0.15) is 22.8 Å². The summed E-state index contributed by atoms with van der Waals surface area (Å²) in [6.07, 6.45) is 1.38. The molecular formula is C27H20FN7O3. The van der Waals surface area contributed by atoms with Gasteiger partial charge in [-0.15, -0.1) is 0 Å².